The van der Waals surface area contributed by atoms with E-state index in [1.54, 1.807) is 12.1 Å². The maximum Gasteiger partial charge on any atom is 0.131 e. The van der Waals surface area contributed by atoms with Crippen LogP contribution in [0.5, 0.6) is 0 Å². The predicted octanol–water partition coefficient (Wildman–Crippen LogP) is 8.26. The zero-order chi connectivity index (χ0) is 21.8. The molecule has 0 radical (unpaired) electrons. The zero-order valence-corrected chi connectivity index (χ0v) is 18.1. The first-order valence-electron chi connectivity index (χ1n) is 11.5. The van der Waals surface area contributed by atoms with Gasteiger partial charge < -0.3 is 0 Å². The fourth-order valence-electron chi connectivity index (χ4n) is 4.89. The minimum atomic E-state index is -1.23. The molecule has 0 saturated carbocycles. The number of benzene rings is 3. The first-order chi connectivity index (χ1) is 15.1. The average molecular weight is 418 g/mol. The van der Waals surface area contributed by atoms with Crippen molar-refractivity contribution >= 4 is 10.8 Å². The van der Waals surface area contributed by atoms with Gasteiger partial charge in [0, 0.05) is 12.3 Å². The van der Waals surface area contributed by atoms with Crippen LogP contribution in [0.1, 0.15) is 68.3 Å². The molecule has 160 valence electrons. The van der Waals surface area contributed by atoms with Gasteiger partial charge in [-0.1, -0.05) is 75.4 Å². The number of rotatable bonds is 7. The number of nitriles is 1. The second-order valence-corrected chi connectivity index (χ2v) is 8.75. The number of hydrogen-bond acceptors (Lipinski definition) is 1. The summed E-state index contributed by atoms with van der Waals surface area (Å²) in [5.41, 5.74) is 4.18. The van der Waals surface area contributed by atoms with E-state index in [1.165, 1.54) is 12.8 Å². The lowest BCUT2D eigenvalue weighted by molar-refractivity contribution is 0.101. The van der Waals surface area contributed by atoms with Crippen molar-refractivity contribution in [2.75, 3.05) is 0 Å². The van der Waals surface area contributed by atoms with Crippen molar-refractivity contribution < 1.29 is 8.78 Å². The van der Waals surface area contributed by atoms with E-state index >= 15 is 8.78 Å². The normalized spacial score (nSPS) is 20.4. The Morgan fingerprint density at radius 3 is 2.39 bits per heavy atom. The fraction of sp³-hybridized carbons (Fsp3) is 0.393. The van der Waals surface area contributed by atoms with Gasteiger partial charge in [-0.2, -0.15) is 5.26 Å². The highest BCUT2D eigenvalue weighted by atomic mass is 19.1. The van der Waals surface area contributed by atoms with Gasteiger partial charge in [0.2, 0.25) is 0 Å². The molecule has 0 bridgehead atoms. The molecule has 3 aromatic carbocycles. The van der Waals surface area contributed by atoms with Gasteiger partial charge >= 0.3 is 0 Å². The van der Waals surface area contributed by atoms with Crippen molar-refractivity contribution in [3.63, 3.8) is 0 Å². The van der Waals surface area contributed by atoms with Crippen molar-refractivity contribution in [2.24, 2.45) is 5.92 Å². The SMILES string of the molecule is CCCCCCCC1C(F)Cc2c(ccc3cc(-c4ccc(C#N)cc4)ccc23)C1F. The standard InChI is InChI=1S/C28H29F2N/c1-2-3-4-5-6-7-25-27(29)17-26-23-14-12-21(20-10-8-19(18-31)9-11-20)16-22(23)13-15-24(26)28(25)30/h8-16,25,27-28H,2-7,17H2,1H3. The summed E-state index contributed by atoms with van der Waals surface area (Å²) in [4.78, 5) is 0. The quantitative estimate of drug-likeness (QED) is 0.355. The summed E-state index contributed by atoms with van der Waals surface area (Å²) >= 11 is 0. The van der Waals surface area contributed by atoms with Gasteiger partial charge in [-0.05, 0) is 57.6 Å². The summed E-state index contributed by atoms with van der Waals surface area (Å²) in [5, 5.41) is 10.9. The first kappa shape index (κ1) is 21.5. The average Bonchev–Trinajstić information content (AvgIpc) is 2.80. The van der Waals surface area contributed by atoms with Gasteiger partial charge in [0.15, 0.2) is 0 Å². The molecule has 31 heavy (non-hydrogen) atoms. The molecule has 0 heterocycles. The molecular formula is C28H29F2N. The lowest BCUT2D eigenvalue weighted by Gasteiger charge is -2.32. The van der Waals surface area contributed by atoms with E-state index in [-0.39, 0.29) is 0 Å². The number of fused-ring (bicyclic) bond motifs is 3. The third kappa shape index (κ3) is 4.49. The number of unbranched alkanes of at least 4 members (excludes halogenated alkanes) is 4. The molecule has 1 nitrogen and oxygen atoms in total. The molecule has 1 aliphatic rings. The van der Waals surface area contributed by atoms with Gasteiger partial charge in [-0.15, -0.1) is 0 Å². The van der Waals surface area contributed by atoms with E-state index < -0.39 is 18.3 Å². The van der Waals surface area contributed by atoms with Crippen molar-refractivity contribution in [2.45, 2.75) is 64.2 Å². The lowest BCUT2D eigenvalue weighted by atomic mass is 9.77. The minimum Gasteiger partial charge on any atom is -0.247 e. The summed E-state index contributed by atoms with van der Waals surface area (Å²) in [6.07, 6.45) is 4.06. The van der Waals surface area contributed by atoms with Gasteiger partial charge in [0.05, 0.1) is 11.6 Å². The Hall–Kier alpha value is -2.73. The molecule has 1 aliphatic carbocycles. The minimum absolute atomic E-state index is 0.295. The van der Waals surface area contributed by atoms with E-state index in [9.17, 15) is 0 Å². The van der Waals surface area contributed by atoms with Crippen LogP contribution < -0.4 is 0 Å². The molecule has 3 aromatic rings. The molecule has 0 saturated heterocycles. The second kappa shape index (κ2) is 9.60. The Kier molecular flexibility index (Phi) is 6.66. The maximum absolute atomic E-state index is 15.3. The van der Waals surface area contributed by atoms with Crippen molar-refractivity contribution in [1.29, 1.82) is 5.26 Å². The largest absolute Gasteiger partial charge is 0.247 e. The Morgan fingerprint density at radius 2 is 1.65 bits per heavy atom. The van der Waals surface area contributed by atoms with Crippen LogP contribution in [-0.2, 0) is 6.42 Å². The van der Waals surface area contributed by atoms with Crippen LogP contribution >= 0.6 is 0 Å². The van der Waals surface area contributed by atoms with Crippen LogP contribution in [-0.4, -0.2) is 6.17 Å². The maximum atomic E-state index is 15.3. The highest BCUT2D eigenvalue weighted by molar-refractivity contribution is 5.91. The molecule has 0 fully saturated rings. The van der Waals surface area contributed by atoms with Crippen molar-refractivity contribution in [1.82, 2.24) is 0 Å². The number of halogens is 2. The van der Waals surface area contributed by atoms with Gasteiger partial charge in [0.25, 0.3) is 0 Å². The molecule has 3 heteroatoms. The van der Waals surface area contributed by atoms with Crippen LogP contribution in [0.4, 0.5) is 8.78 Å². The summed E-state index contributed by atoms with van der Waals surface area (Å²) in [6.45, 7) is 2.17. The van der Waals surface area contributed by atoms with Crippen LogP contribution in [0, 0.1) is 17.2 Å². The molecule has 0 aliphatic heterocycles. The first-order valence-corrected chi connectivity index (χ1v) is 11.5. The van der Waals surface area contributed by atoms with Gasteiger partial charge in [0.1, 0.15) is 12.3 Å². The molecule has 0 amide bonds. The molecule has 0 spiro atoms. The number of alkyl halides is 2. The summed E-state index contributed by atoms with van der Waals surface area (Å²) in [6, 6.07) is 19.5. The van der Waals surface area contributed by atoms with E-state index in [2.05, 4.69) is 19.1 Å². The summed E-state index contributed by atoms with van der Waals surface area (Å²) in [5.74, 6) is -0.524. The van der Waals surface area contributed by atoms with Crippen LogP contribution in [0.3, 0.4) is 0 Å². The molecule has 0 aromatic heterocycles. The molecular weight excluding hydrogens is 388 g/mol. The van der Waals surface area contributed by atoms with Crippen LogP contribution in [0.25, 0.3) is 21.9 Å². The van der Waals surface area contributed by atoms with E-state index in [1.807, 2.05) is 36.4 Å². The lowest BCUT2D eigenvalue weighted by Crippen LogP contribution is -2.29. The van der Waals surface area contributed by atoms with Gasteiger partial charge in [-0.3, -0.25) is 0 Å². The third-order valence-corrected chi connectivity index (χ3v) is 6.69. The zero-order valence-electron chi connectivity index (χ0n) is 18.1. The van der Waals surface area contributed by atoms with E-state index in [0.29, 0.717) is 24.0 Å². The Labute approximate surface area is 183 Å². The topological polar surface area (TPSA) is 23.8 Å². The highest BCUT2D eigenvalue weighted by Crippen LogP contribution is 2.44. The highest BCUT2D eigenvalue weighted by Gasteiger charge is 2.37. The Balaban J connectivity index is 1.58. The van der Waals surface area contributed by atoms with E-state index in [4.69, 9.17) is 5.26 Å². The van der Waals surface area contributed by atoms with Crippen LogP contribution in [0.2, 0.25) is 0 Å². The second-order valence-electron chi connectivity index (χ2n) is 8.75. The summed E-state index contributed by atoms with van der Waals surface area (Å²) < 4.78 is 30.4. The third-order valence-electron chi connectivity index (χ3n) is 6.69. The molecule has 3 atom stereocenters. The Bertz CT molecular complexity index is 1080. The molecule has 3 unspecified atom stereocenters. The molecule has 0 N–H and O–H groups in total. The monoisotopic (exact) mass is 417 g/mol. The van der Waals surface area contributed by atoms with Gasteiger partial charge in [-0.25, -0.2) is 8.78 Å². The smallest absolute Gasteiger partial charge is 0.131 e. The number of nitrogens with zero attached hydrogens (tertiary/aromatic N) is 1. The fourth-order valence-corrected chi connectivity index (χ4v) is 4.89. The summed E-state index contributed by atoms with van der Waals surface area (Å²) in [7, 11) is 0. The van der Waals surface area contributed by atoms with Crippen molar-refractivity contribution in [3.8, 4) is 17.2 Å². The van der Waals surface area contributed by atoms with Crippen molar-refractivity contribution in [3.05, 3.63) is 71.3 Å². The van der Waals surface area contributed by atoms with E-state index in [0.717, 1.165) is 46.7 Å². The molecule has 4 rings (SSSR count). The predicted molar refractivity (Wildman–Crippen MR) is 123 cm³/mol. The van der Waals surface area contributed by atoms with Crippen LogP contribution in [0.15, 0.2) is 54.6 Å². The Morgan fingerprint density at radius 1 is 0.903 bits per heavy atom. The number of hydrogen-bond donors (Lipinski definition) is 0.